The van der Waals surface area contributed by atoms with Crippen molar-refractivity contribution in [3.05, 3.63) is 68.8 Å². The smallest absolute Gasteiger partial charge is 0.0280 e. The molecule has 0 nitrogen and oxygen atoms in total. The number of rotatable bonds is 26. The zero-order valence-corrected chi connectivity index (χ0v) is 35.9. The van der Waals surface area contributed by atoms with Crippen LogP contribution in [0.25, 0.3) is 12.2 Å². The van der Waals surface area contributed by atoms with Crippen molar-refractivity contribution in [2.75, 3.05) is 0 Å². The molecule has 2 rings (SSSR count). The molecular weight excluding hydrogens is 625 g/mol. The molecule has 0 fully saturated rings. The normalized spacial score (nSPS) is 13.7. The summed E-state index contributed by atoms with van der Waals surface area (Å²) in [5.74, 6) is 16.5. The quantitative estimate of drug-likeness (QED) is 0.0675. The van der Waals surface area contributed by atoms with Gasteiger partial charge in [0.05, 0.1) is 0 Å². The summed E-state index contributed by atoms with van der Waals surface area (Å²) >= 11 is 0. The van der Waals surface area contributed by atoms with Gasteiger partial charge in [-0.2, -0.15) is 0 Å². The highest BCUT2D eigenvalue weighted by atomic mass is 14.2. The highest BCUT2D eigenvalue weighted by Crippen LogP contribution is 2.31. The molecule has 52 heavy (non-hydrogen) atoms. The molecule has 0 bridgehead atoms. The molecule has 2 aromatic rings. The van der Waals surface area contributed by atoms with E-state index < -0.39 is 0 Å². The first-order valence-corrected chi connectivity index (χ1v) is 22.2. The van der Waals surface area contributed by atoms with Crippen molar-refractivity contribution in [3.63, 3.8) is 0 Å². The van der Waals surface area contributed by atoms with Crippen LogP contribution in [0, 0.1) is 47.4 Å². The second-order valence-corrected chi connectivity index (χ2v) is 16.0. The topological polar surface area (TPSA) is 0 Å². The number of hydrogen-bond donors (Lipinski definition) is 0. The van der Waals surface area contributed by atoms with E-state index >= 15 is 0 Å². The highest BCUT2D eigenvalue weighted by molar-refractivity contribution is 5.75. The van der Waals surface area contributed by atoms with Crippen molar-refractivity contribution in [2.24, 2.45) is 23.7 Å². The summed E-state index contributed by atoms with van der Waals surface area (Å²) in [7, 11) is 0. The van der Waals surface area contributed by atoms with E-state index in [0.29, 0.717) is 23.7 Å². The third-order valence-corrected chi connectivity index (χ3v) is 11.9. The van der Waals surface area contributed by atoms with Crippen LogP contribution in [-0.4, -0.2) is 0 Å². The van der Waals surface area contributed by atoms with Crippen molar-refractivity contribution in [2.45, 2.75) is 198 Å². The summed E-state index contributed by atoms with van der Waals surface area (Å²) in [6.45, 7) is 22.8. The molecule has 0 aliphatic carbocycles. The van der Waals surface area contributed by atoms with Gasteiger partial charge < -0.3 is 0 Å². The molecule has 0 amide bonds. The molecule has 4 unspecified atom stereocenters. The molecule has 0 aliphatic heterocycles. The molecule has 0 aliphatic rings. The lowest BCUT2D eigenvalue weighted by atomic mass is 9.83. The molecular formula is C52H80. The predicted octanol–water partition coefficient (Wildman–Crippen LogP) is 15.6. The Kier molecular flexibility index (Phi) is 23.6. The Labute approximate surface area is 324 Å². The van der Waals surface area contributed by atoms with E-state index in [2.05, 4.69) is 115 Å². The first kappa shape index (κ1) is 45.5. The summed E-state index contributed by atoms with van der Waals surface area (Å²) < 4.78 is 0. The van der Waals surface area contributed by atoms with E-state index in [0.717, 1.165) is 25.7 Å². The standard InChI is InChI=1S/C52H80/c1-11-21-27-41(17-7)33-49-39-47(51(37-45(49)25-15-5)35-43(19-9)29-23-13-3)31-32-48-40-50(34-42(18-8)28-22-12-2)46(26-16-6)38-52(48)36-44(20-10)30-24-14-4/h31-32,37-44H,11-14,17-24,27-30,33-36H2,1-10H3/b32-31+. The van der Waals surface area contributed by atoms with Gasteiger partial charge in [-0.1, -0.05) is 194 Å². The van der Waals surface area contributed by atoms with Crippen LogP contribution < -0.4 is 0 Å². The maximum absolute atomic E-state index is 3.57. The number of unbranched alkanes of at least 4 members (excludes halogenated alkanes) is 4. The van der Waals surface area contributed by atoms with Crippen LogP contribution in [0.15, 0.2) is 24.3 Å². The minimum Gasteiger partial charge on any atom is -0.101 e. The molecule has 2 aromatic carbocycles. The van der Waals surface area contributed by atoms with Gasteiger partial charge in [0.2, 0.25) is 0 Å². The van der Waals surface area contributed by atoms with Gasteiger partial charge in [0.15, 0.2) is 0 Å². The summed E-state index contributed by atoms with van der Waals surface area (Å²) in [4.78, 5) is 0. The van der Waals surface area contributed by atoms with E-state index in [4.69, 9.17) is 0 Å². The molecule has 288 valence electrons. The lowest BCUT2D eigenvalue weighted by Gasteiger charge is -2.21. The van der Waals surface area contributed by atoms with Crippen molar-refractivity contribution < 1.29 is 0 Å². The second kappa shape index (κ2) is 27.0. The zero-order valence-electron chi connectivity index (χ0n) is 35.9. The maximum atomic E-state index is 3.57. The number of hydrogen-bond acceptors (Lipinski definition) is 0. The predicted molar refractivity (Wildman–Crippen MR) is 235 cm³/mol. The Balaban J connectivity index is 2.83. The zero-order chi connectivity index (χ0) is 38.1. The summed E-state index contributed by atoms with van der Waals surface area (Å²) in [6.07, 6.45) is 30.0. The lowest BCUT2D eigenvalue weighted by molar-refractivity contribution is 0.446. The average molecular weight is 705 g/mol. The summed E-state index contributed by atoms with van der Waals surface area (Å²) in [5, 5.41) is 0. The Morgan fingerprint density at radius 2 is 0.712 bits per heavy atom. The molecule has 0 radical (unpaired) electrons. The minimum absolute atomic E-state index is 0.709. The van der Waals surface area contributed by atoms with Crippen LogP contribution in [-0.2, 0) is 25.7 Å². The van der Waals surface area contributed by atoms with E-state index in [9.17, 15) is 0 Å². The Morgan fingerprint density at radius 3 is 0.962 bits per heavy atom. The van der Waals surface area contributed by atoms with Crippen molar-refractivity contribution in [3.8, 4) is 23.7 Å². The van der Waals surface area contributed by atoms with Crippen LogP contribution in [0.1, 0.15) is 216 Å². The Morgan fingerprint density at radius 1 is 0.423 bits per heavy atom. The van der Waals surface area contributed by atoms with E-state index in [1.54, 1.807) is 0 Å². The minimum atomic E-state index is 0.709. The molecule has 0 N–H and O–H groups in total. The van der Waals surface area contributed by atoms with Crippen LogP contribution >= 0.6 is 0 Å². The molecule has 0 spiro atoms. The fraction of sp³-hybridized carbons (Fsp3) is 0.654. The molecule has 0 heterocycles. The van der Waals surface area contributed by atoms with Gasteiger partial charge in [-0.05, 0) is 109 Å². The fourth-order valence-electron chi connectivity index (χ4n) is 8.12. The van der Waals surface area contributed by atoms with Gasteiger partial charge >= 0.3 is 0 Å². The van der Waals surface area contributed by atoms with Crippen molar-refractivity contribution >= 4 is 12.2 Å². The lowest BCUT2D eigenvalue weighted by Crippen LogP contribution is -2.09. The largest absolute Gasteiger partial charge is 0.101 e. The van der Waals surface area contributed by atoms with E-state index in [-0.39, 0.29) is 0 Å². The van der Waals surface area contributed by atoms with Crippen molar-refractivity contribution in [1.29, 1.82) is 0 Å². The van der Waals surface area contributed by atoms with Gasteiger partial charge in [0.25, 0.3) is 0 Å². The third-order valence-electron chi connectivity index (χ3n) is 11.9. The van der Waals surface area contributed by atoms with Crippen molar-refractivity contribution in [1.82, 2.24) is 0 Å². The maximum Gasteiger partial charge on any atom is 0.0280 e. The Hall–Kier alpha value is -2.70. The Bertz CT molecular complexity index is 1320. The van der Waals surface area contributed by atoms with Gasteiger partial charge in [-0.3, -0.25) is 0 Å². The molecule has 0 saturated heterocycles. The molecule has 0 saturated carbocycles. The fourth-order valence-corrected chi connectivity index (χ4v) is 8.12. The summed E-state index contributed by atoms with van der Waals surface area (Å²) in [6, 6.07) is 10.1. The third kappa shape index (κ3) is 15.7. The van der Waals surface area contributed by atoms with E-state index in [1.165, 1.54) is 147 Å². The first-order valence-electron chi connectivity index (χ1n) is 22.2. The van der Waals surface area contributed by atoms with Crippen LogP contribution in [0.5, 0.6) is 0 Å². The highest BCUT2D eigenvalue weighted by Gasteiger charge is 2.18. The molecule has 0 heteroatoms. The molecule has 0 aromatic heterocycles. The second-order valence-electron chi connectivity index (χ2n) is 16.0. The first-order chi connectivity index (χ1) is 25.3. The van der Waals surface area contributed by atoms with Gasteiger partial charge in [0.1, 0.15) is 0 Å². The number of benzene rings is 2. The monoisotopic (exact) mass is 705 g/mol. The molecule has 4 atom stereocenters. The van der Waals surface area contributed by atoms with Gasteiger partial charge in [-0.15, -0.1) is 11.8 Å². The van der Waals surface area contributed by atoms with Crippen LogP contribution in [0.2, 0.25) is 0 Å². The summed E-state index contributed by atoms with van der Waals surface area (Å²) in [5.41, 5.74) is 11.2. The van der Waals surface area contributed by atoms with E-state index in [1.807, 2.05) is 13.8 Å². The SMILES string of the molecule is CC#Cc1cc(CC(CC)CCCC)c(/C=C/c2cc(CC(CC)CCCC)c(C#CC)cc2CC(CC)CCCC)cc1CC(CC)CCCC. The average Bonchev–Trinajstić information content (AvgIpc) is 3.16. The van der Waals surface area contributed by atoms with Crippen LogP contribution in [0.4, 0.5) is 0 Å². The van der Waals surface area contributed by atoms with Crippen LogP contribution in [0.3, 0.4) is 0 Å². The van der Waals surface area contributed by atoms with Gasteiger partial charge in [-0.25, -0.2) is 0 Å². The van der Waals surface area contributed by atoms with Gasteiger partial charge in [0, 0.05) is 11.1 Å².